The summed E-state index contributed by atoms with van der Waals surface area (Å²) in [6.45, 7) is 2.19. The molecular formula is C13H18ClIN2OS. The molecule has 2 aromatic rings. The van der Waals surface area contributed by atoms with Gasteiger partial charge in [0.25, 0.3) is 0 Å². The van der Waals surface area contributed by atoms with E-state index in [4.69, 9.17) is 0 Å². The molecule has 0 bridgehead atoms. The molecule has 0 aliphatic carbocycles. The van der Waals surface area contributed by atoms with E-state index in [0.29, 0.717) is 0 Å². The Balaban J connectivity index is 0.00000180. The summed E-state index contributed by atoms with van der Waals surface area (Å²) in [7, 11) is 3.98. The van der Waals surface area contributed by atoms with E-state index in [2.05, 4.69) is 52.7 Å². The zero-order valence-corrected chi connectivity index (χ0v) is 14.8. The molecule has 19 heavy (non-hydrogen) atoms. The van der Waals surface area contributed by atoms with Crippen molar-refractivity contribution in [3.8, 4) is 0 Å². The van der Waals surface area contributed by atoms with Gasteiger partial charge in [-0.15, -0.1) is 12.4 Å². The van der Waals surface area contributed by atoms with Gasteiger partial charge in [-0.3, -0.25) is 4.79 Å². The Morgan fingerprint density at radius 3 is 2.79 bits per heavy atom. The first-order valence-electron chi connectivity index (χ1n) is 5.95. The van der Waals surface area contributed by atoms with E-state index in [1.165, 1.54) is 16.9 Å². The van der Waals surface area contributed by atoms with Gasteiger partial charge in [0.1, 0.15) is 0 Å². The maximum absolute atomic E-state index is 11.6. The van der Waals surface area contributed by atoms with Gasteiger partial charge in [0.05, 0.1) is 10.2 Å². The summed E-state index contributed by atoms with van der Waals surface area (Å²) in [5.74, 6) is 0. The predicted octanol–water partition coefficient (Wildman–Crippen LogP) is 2.93. The minimum Gasteiger partial charge on any atom is -0.305 e. The number of halogens is 2. The lowest BCUT2D eigenvalue weighted by atomic mass is 10.1. The molecule has 1 aromatic heterocycles. The number of fused-ring (bicyclic) bond motifs is 1. The maximum atomic E-state index is 11.6. The molecule has 0 aliphatic heterocycles. The minimum atomic E-state index is 0. The fourth-order valence-corrected chi connectivity index (χ4v) is 3.68. The van der Waals surface area contributed by atoms with Crippen molar-refractivity contribution in [3.63, 3.8) is 0 Å². The molecule has 1 heterocycles. The van der Waals surface area contributed by atoms with Crippen LogP contribution in [0.1, 0.15) is 5.56 Å². The summed E-state index contributed by atoms with van der Waals surface area (Å²) in [6.07, 6.45) is 1.04. The number of thiazole rings is 1. The number of hydrogen-bond donors (Lipinski definition) is 0. The molecule has 3 nitrogen and oxygen atoms in total. The van der Waals surface area contributed by atoms with Gasteiger partial charge in [-0.05, 0) is 31.2 Å². The highest BCUT2D eigenvalue weighted by molar-refractivity contribution is 14.1. The van der Waals surface area contributed by atoms with E-state index < -0.39 is 0 Å². The van der Waals surface area contributed by atoms with Crippen LogP contribution in [0.25, 0.3) is 10.2 Å². The standard InChI is InChI=1S/C13H17IN2OS.ClH/c1-15(8-6-14)7-5-10-3-4-11-12(9-10)18-13(17)16(11)2;/h3-4,9H,5-8H2,1-2H3;1H. The number of alkyl halides is 1. The molecule has 0 amide bonds. The van der Waals surface area contributed by atoms with Crippen LogP contribution in [-0.4, -0.2) is 34.0 Å². The Morgan fingerprint density at radius 1 is 1.37 bits per heavy atom. The fourth-order valence-electron chi connectivity index (χ4n) is 1.91. The molecule has 106 valence electrons. The van der Waals surface area contributed by atoms with E-state index in [0.717, 1.165) is 34.2 Å². The average Bonchev–Trinajstić information content (AvgIpc) is 2.63. The molecule has 0 saturated heterocycles. The quantitative estimate of drug-likeness (QED) is 0.557. The van der Waals surface area contributed by atoms with Crippen molar-refractivity contribution in [2.24, 2.45) is 7.05 Å². The van der Waals surface area contributed by atoms with Crippen molar-refractivity contribution in [2.75, 3.05) is 24.6 Å². The monoisotopic (exact) mass is 412 g/mol. The number of aromatic nitrogens is 1. The molecule has 0 fully saturated rings. The van der Waals surface area contributed by atoms with Crippen molar-refractivity contribution in [1.29, 1.82) is 0 Å². The average molecular weight is 413 g/mol. The first kappa shape index (κ1) is 16.9. The van der Waals surface area contributed by atoms with Crippen LogP contribution in [0, 0.1) is 0 Å². The number of nitrogens with zero attached hydrogens (tertiary/aromatic N) is 2. The van der Waals surface area contributed by atoms with Crippen LogP contribution in [-0.2, 0) is 13.5 Å². The zero-order valence-electron chi connectivity index (χ0n) is 11.1. The molecule has 0 N–H and O–H groups in total. The van der Waals surface area contributed by atoms with Crippen molar-refractivity contribution >= 4 is 56.6 Å². The first-order valence-corrected chi connectivity index (χ1v) is 8.29. The summed E-state index contributed by atoms with van der Waals surface area (Å²) in [5.41, 5.74) is 2.35. The number of hydrogen-bond acceptors (Lipinski definition) is 3. The van der Waals surface area contributed by atoms with E-state index in [9.17, 15) is 4.79 Å². The second-order valence-corrected chi connectivity index (χ2v) is 6.54. The second-order valence-electron chi connectivity index (χ2n) is 4.47. The van der Waals surface area contributed by atoms with Gasteiger partial charge in [0.15, 0.2) is 0 Å². The largest absolute Gasteiger partial charge is 0.307 e. The smallest absolute Gasteiger partial charge is 0.305 e. The summed E-state index contributed by atoms with van der Waals surface area (Å²) in [6, 6.07) is 6.34. The lowest BCUT2D eigenvalue weighted by Crippen LogP contribution is -2.23. The third kappa shape index (κ3) is 4.18. The fraction of sp³-hybridized carbons (Fsp3) is 0.462. The molecule has 2 rings (SSSR count). The predicted molar refractivity (Wildman–Crippen MR) is 94.4 cm³/mol. The third-order valence-corrected chi connectivity index (χ3v) is 4.58. The highest BCUT2D eigenvalue weighted by Crippen LogP contribution is 2.18. The molecule has 0 radical (unpaired) electrons. The molecule has 1 aromatic carbocycles. The molecular weight excluding hydrogens is 395 g/mol. The van der Waals surface area contributed by atoms with Gasteiger partial charge in [0, 0.05) is 24.6 Å². The number of aryl methyl sites for hydroxylation is 1. The van der Waals surface area contributed by atoms with Gasteiger partial charge < -0.3 is 9.47 Å². The third-order valence-electron chi connectivity index (χ3n) is 3.11. The maximum Gasteiger partial charge on any atom is 0.307 e. The van der Waals surface area contributed by atoms with Crippen LogP contribution >= 0.6 is 46.3 Å². The van der Waals surface area contributed by atoms with E-state index >= 15 is 0 Å². The molecule has 0 atom stereocenters. The molecule has 0 spiro atoms. The Kier molecular flexibility index (Phi) is 6.79. The molecule has 0 saturated carbocycles. The van der Waals surface area contributed by atoms with Crippen molar-refractivity contribution in [3.05, 3.63) is 33.4 Å². The second kappa shape index (κ2) is 7.61. The first-order chi connectivity index (χ1) is 8.61. The minimum absolute atomic E-state index is 0. The highest BCUT2D eigenvalue weighted by atomic mass is 127. The summed E-state index contributed by atoms with van der Waals surface area (Å²) in [4.78, 5) is 14.0. The Labute approximate surface area is 137 Å². The number of benzene rings is 1. The molecule has 0 unspecified atom stereocenters. The van der Waals surface area contributed by atoms with Gasteiger partial charge in [-0.1, -0.05) is 40.0 Å². The lowest BCUT2D eigenvalue weighted by Gasteiger charge is -2.14. The van der Waals surface area contributed by atoms with Gasteiger partial charge in [-0.2, -0.15) is 0 Å². The SMILES string of the molecule is CN(CCI)CCc1ccc2c(c1)sc(=O)n2C.Cl. The number of likely N-dealkylation sites (N-methyl/N-ethyl adjacent to an activating group) is 1. The lowest BCUT2D eigenvalue weighted by molar-refractivity contribution is 0.362. The van der Waals surface area contributed by atoms with Crippen molar-refractivity contribution in [1.82, 2.24) is 9.47 Å². The topological polar surface area (TPSA) is 25.2 Å². The summed E-state index contributed by atoms with van der Waals surface area (Å²) >= 11 is 3.73. The van der Waals surface area contributed by atoms with Crippen LogP contribution in [0.2, 0.25) is 0 Å². The van der Waals surface area contributed by atoms with E-state index in [-0.39, 0.29) is 17.3 Å². The van der Waals surface area contributed by atoms with Crippen LogP contribution < -0.4 is 4.87 Å². The van der Waals surface area contributed by atoms with Crippen LogP contribution in [0.4, 0.5) is 0 Å². The Hall–Kier alpha value is -0.110. The van der Waals surface area contributed by atoms with E-state index in [1.54, 1.807) is 4.57 Å². The van der Waals surface area contributed by atoms with Crippen molar-refractivity contribution in [2.45, 2.75) is 6.42 Å². The normalized spacial score (nSPS) is 10.9. The molecule has 6 heteroatoms. The highest BCUT2D eigenvalue weighted by Gasteiger charge is 2.05. The van der Waals surface area contributed by atoms with Crippen LogP contribution in [0.15, 0.2) is 23.0 Å². The Bertz CT molecular complexity index is 596. The van der Waals surface area contributed by atoms with E-state index in [1.807, 2.05) is 7.05 Å². The van der Waals surface area contributed by atoms with Crippen molar-refractivity contribution < 1.29 is 0 Å². The number of rotatable bonds is 5. The van der Waals surface area contributed by atoms with Gasteiger partial charge in [-0.25, -0.2) is 0 Å². The zero-order chi connectivity index (χ0) is 13.1. The summed E-state index contributed by atoms with van der Waals surface area (Å²) < 4.78 is 3.97. The summed E-state index contributed by atoms with van der Waals surface area (Å²) in [5, 5.41) is 0. The van der Waals surface area contributed by atoms with Crippen LogP contribution in [0.5, 0.6) is 0 Å². The Morgan fingerprint density at radius 2 is 2.11 bits per heavy atom. The van der Waals surface area contributed by atoms with Crippen LogP contribution in [0.3, 0.4) is 0 Å². The van der Waals surface area contributed by atoms with Gasteiger partial charge >= 0.3 is 4.87 Å². The molecule has 0 aliphatic rings. The van der Waals surface area contributed by atoms with Gasteiger partial charge in [0.2, 0.25) is 0 Å².